The number of carbonyl (C=O) groups excluding carboxylic acids is 1. The Balaban J connectivity index is 2.09. The maximum atomic E-state index is 12.6. The molecule has 1 aliphatic heterocycles. The standard InChI is InChI=1S/C15H25N5O/c1-4-20-7-5-6-12(20)10-19(3)15(21)13-9-17-11(2)8-14(13)18-16/h8-9,12H,4-7,10,16H2,1-3H3,(H,17,18). The van der Waals surface area contributed by atoms with Gasteiger partial charge in [0.25, 0.3) is 5.91 Å². The van der Waals surface area contributed by atoms with Crippen molar-refractivity contribution in [3.05, 3.63) is 23.5 Å². The summed E-state index contributed by atoms with van der Waals surface area (Å²) in [5, 5.41) is 0. The van der Waals surface area contributed by atoms with Crippen molar-refractivity contribution in [2.24, 2.45) is 5.84 Å². The number of hydrogen-bond donors (Lipinski definition) is 2. The Labute approximate surface area is 126 Å². The summed E-state index contributed by atoms with van der Waals surface area (Å²) in [4.78, 5) is 21.0. The van der Waals surface area contributed by atoms with Gasteiger partial charge in [0.2, 0.25) is 0 Å². The molecule has 3 N–H and O–H groups in total. The Morgan fingerprint density at radius 2 is 2.38 bits per heavy atom. The largest absolute Gasteiger partial charge is 0.340 e. The fourth-order valence-electron chi connectivity index (χ4n) is 2.97. The highest BCUT2D eigenvalue weighted by Crippen LogP contribution is 2.20. The lowest BCUT2D eigenvalue weighted by atomic mass is 10.1. The van der Waals surface area contributed by atoms with Crippen LogP contribution in [-0.4, -0.2) is 53.4 Å². The molecule has 0 spiro atoms. The van der Waals surface area contributed by atoms with Gasteiger partial charge in [0.1, 0.15) is 0 Å². The number of aromatic nitrogens is 1. The van der Waals surface area contributed by atoms with E-state index in [1.807, 2.05) is 14.0 Å². The monoisotopic (exact) mass is 291 g/mol. The minimum absolute atomic E-state index is 0.0431. The summed E-state index contributed by atoms with van der Waals surface area (Å²) in [6, 6.07) is 2.24. The van der Waals surface area contributed by atoms with Gasteiger partial charge in [0, 0.05) is 31.5 Å². The van der Waals surface area contributed by atoms with Crippen LogP contribution in [0.1, 0.15) is 35.8 Å². The normalized spacial score (nSPS) is 18.8. The fourth-order valence-corrected chi connectivity index (χ4v) is 2.97. The average molecular weight is 291 g/mol. The van der Waals surface area contributed by atoms with E-state index in [4.69, 9.17) is 5.84 Å². The molecular weight excluding hydrogens is 266 g/mol. The molecule has 0 saturated carbocycles. The van der Waals surface area contributed by atoms with Gasteiger partial charge in [-0.05, 0) is 38.9 Å². The van der Waals surface area contributed by atoms with Gasteiger partial charge in [-0.25, -0.2) is 0 Å². The van der Waals surface area contributed by atoms with Crippen LogP contribution in [0.15, 0.2) is 12.3 Å². The van der Waals surface area contributed by atoms with Crippen LogP contribution in [0.25, 0.3) is 0 Å². The maximum Gasteiger partial charge on any atom is 0.257 e. The first-order chi connectivity index (χ1) is 10.1. The molecule has 2 heterocycles. The smallest absolute Gasteiger partial charge is 0.257 e. The lowest BCUT2D eigenvalue weighted by Gasteiger charge is -2.28. The average Bonchev–Trinajstić information content (AvgIpc) is 2.93. The number of carbonyl (C=O) groups is 1. The number of likely N-dealkylation sites (tertiary alicyclic amines) is 1. The molecule has 6 nitrogen and oxygen atoms in total. The molecule has 6 heteroatoms. The van der Waals surface area contributed by atoms with E-state index in [0.29, 0.717) is 17.3 Å². The minimum Gasteiger partial charge on any atom is -0.340 e. The maximum absolute atomic E-state index is 12.6. The lowest BCUT2D eigenvalue weighted by Crippen LogP contribution is -2.41. The Hall–Kier alpha value is -1.66. The number of nitrogens with one attached hydrogen (secondary N) is 1. The van der Waals surface area contributed by atoms with Crippen LogP contribution in [0, 0.1) is 6.92 Å². The molecular formula is C15H25N5O. The number of hydrazine groups is 1. The molecule has 0 aliphatic carbocycles. The molecule has 21 heavy (non-hydrogen) atoms. The number of nitrogens with two attached hydrogens (primary N) is 1. The van der Waals surface area contributed by atoms with Crippen molar-refractivity contribution in [3.63, 3.8) is 0 Å². The summed E-state index contributed by atoms with van der Waals surface area (Å²) in [7, 11) is 1.84. The highest BCUT2D eigenvalue weighted by atomic mass is 16.2. The number of nitrogen functional groups attached to an aromatic ring is 1. The molecule has 1 fully saturated rings. The molecule has 0 aromatic carbocycles. The van der Waals surface area contributed by atoms with Crippen LogP contribution < -0.4 is 11.3 Å². The summed E-state index contributed by atoms with van der Waals surface area (Å²) in [5.74, 6) is 5.46. The molecule has 1 saturated heterocycles. The zero-order chi connectivity index (χ0) is 15.4. The molecule has 1 aliphatic rings. The first-order valence-electron chi connectivity index (χ1n) is 7.49. The van der Waals surface area contributed by atoms with Crippen LogP contribution in [0.4, 0.5) is 5.69 Å². The van der Waals surface area contributed by atoms with Gasteiger partial charge >= 0.3 is 0 Å². The third kappa shape index (κ3) is 3.51. The van der Waals surface area contributed by atoms with E-state index in [-0.39, 0.29) is 5.91 Å². The highest BCUT2D eigenvalue weighted by molar-refractivity contribution is 5.99. The van der Waals surface area contributed by atoms with E-state index in [1.165, 1.54) is 6.42 Å². The van der Waals surface area contributed by atoms with E-state index < -0.39 is 0 Å². The number of anilines is 1. The number of aryl methyl sites for hydroxylation is 1. The Morgan fingerprint density at radius 1 is 1.62 bits per heavy atom. The molecule has 116 valence electrons. The number of hydrogen-bond acceptors (Lipinski definition) is 5. The van der Waals surface area contributed by atoms with Gasteiger partial charge in [-0.1, -0.05) is 6.92 Å². The van der Waals surface area contributed by atoms with Crippen molar-refractivity contribution in [2.75, 3.05) is 32.1 Å². The number of likely N-dealkylation sites (N-methyl/N-ethyl adjacent to an activating group) is 2. The minimum atomic E-state index is -0.0431. The second kappa shape index (κ2) is 6.87. The third-order valence-corrected chi connectivity index (χ3v) is 4.16. The molecule has 0 bridgehead atoms. The second-order valence-corrected chi connectivity index (χ2v) is 5.63. The van der Waals surface area contributed by atoms with E-state index in [1.54, 1.807) is 17.2 Å². The summed E-state index contributed by atoms with van der Waals surface area (Å²) < 4.78 is 0. The molecule has 1 unspecified atom stereocenters. The van der Waals surface area contributed by atoms with E-state index >= 15 is 0 Å². The van der Waals surface area contributed by atoms with Crippen LogP contribution in [-0.2, 0) is 0 Å². The summed E-state index contributed by atoms with van der Waals surface area (Å²) in [6.45, 7) is 6.95. The van der Waals surface area contributed by atoms with Gasteiger partial charge < -0.3 is 10.3 Å². The predicted octanol–water partition coefficient (Wildman–Crippen LogP) is 1.23. The van der Waals surface area contributed by atoms with E-state index in [2.05, 4.69) is 22.2 Å². The Morgan fingerprint density at radius 3 is 3.05 bits per heavy atom. The van der Waals surface area contributed by atoms with Crippen molar-refractivity contribution >= 4 is 11.6 Å². The molecule has 0 radical (unpaired) electrons. The zero-order valence-corrected chi connectivity index (χ0v) is 13.1. The number of rotatable bonds is 5. The van der Waals surface area contributed by atoms with Crippen molar-refractivity contribution < 1.29 is 4.79 Å². The molecule has 1 amide bonds. The number of pyridine rings is 1. The molecule has 2 rings (SSSR count). The number of nitrogens with zero attached hydrogens (tertiary/aromatic N) is 3. The van der Waals surface area contributed by atoms with Crippen molar-refractivity contribution in [1.82, 2.24) is 14.8 Å². The Kier molecular flexibility index (Phi) is 5.14. The zero-order valence-electron chi connectivity index (χ0n) is 13.1. The molecule has 1 aromatic heterocycles. The van der Waals surface area contributed by atoms with Crippen LogP contribution in [0.2, 0.25) is 0 Å². The highest BCUT2D eigenvalue weighted by Gasteiger charge is 2.26. The summed E-state index contributed by atoms with van der Waals surface area (Å²) >= 11 is 0. The first-order valence-corrected chi connectivity index (χ1v) is 7.49. The van der Waals surface area contributed by atoms with Gasteiger partial charge in [-0.2, -0.15) is 0 Å². The topological polar surface area (TPSA) is 74.5 Å². The van der Waals surface area contributed by atoms with Gasteiger partial charge in [0.05, 0.1) is 11.3 Å². The molecule has 1 aromatic rings. The van der Waals surface area contributed by atoms with Gasteiger partial charge in [-0.3, -0.25) is 20.5 Å². The van der Waals surface area contributed by atoms with Crippen LogP contribution in [0.5, 0.6) is 0 Å². The van der Waals surface area contributed by atoms with Crippen molar-refractivity contribution in [3.8, 4) is 0 Å². The quantitative estimate of drug-likeness (QED) is 0.630. The SMILES string of the molecule is CCN1CCCC1CN(C)C(=O)c1cnc(C)cc1NN. The first kappa shape index (κ1) is 15.7. The summed E-state index contributed by atoms with van der Waals surface area (Å²) in [6.07, 6.45) is 3.96. The Bertz CT molecular complexity index is 505. The van der Waals surface area contributed by atoms with Crippen LogP contribution in [0.3, 0.4) is 0 Å². The van der Waals surface area contributed by atoms with Gasteiger partial charge in [0.15, 0.2) is 0 Å². The number of amides is 1. The fraction of sp³-hybridized carbons (Fsp3) is 0.600. The summed E-state index contributed by atoms with van der Waals surface area (Å²) in [5.41, 5.74) is 4.56. The molecule has 1 atom stereocenters. The second-order valence-electron chi connectivity index (χ2n) is 5.63. The lowest BCUT2D eigenvalue weighted by molar-refractivity contribution is 0.0755. The van der Waals surface area contributed by atoms with Crippen molar-refractivity contribution in [1.29, 1.82) is 0 Å². The predicted molar refractivity (Wildman–Crippen MR) is 84.0 cm³/mol. The third-order valence-electron chi connectivity index (χ3n) is 4.16. The van der Waals surface area contributed by atoms with Crippen LogP contribution >= 0.6 is 0 Å². The van der Waals surface area contributed by atoms with E-state index in [0.717, 1.165) is 31.7 Å². The van der Waals surface area contributed by atoms with E-state index in [9.17, 15) is 4.79 Å². The van der Waals surface area contributed by atoms with Crippen molar-refractivity contribution in [2.45, 2.75) is 32.7 Å². The van der Waals surface area contributed by atoms with Gasteiger partial charge in [-0.15, -0.1) is 0 Å².